The van der Waals surface area contributed by atoms with Crippen LogP contribution in [0.3, 0.4) is 0 Å². The predicted molar refractivity (Wildman–Crippen MR) is 53.5 cm³/mol. The average Bonchev–Trinajstić information content (AvgIpc) is 2.72. The lowest BCUT2D eigenvalue weighted by Crippen LogP contribution is -2.17. The van der Waals surface area contributed by atoms with Crippen molar-refractivity contribution in [1.82, 2.24) is 4.57 Å². The highest BCUT2D eigenvalue weighted by Gasteiger charge is 2.41. The Hall–Kier alpha value is -1.91. The minimum atomic E-state index is -0.239. The van der Waals surface area contributed by atoms with Crippen LogP contribution >= 0.6 is 0 Å². The first-order valence-electron chi connectivity index (χ1n) is 4.67. The number of hydrogen-bond acceptors (Lipinski definition) is 4. The van der Waals surface area contributed by atoms with E-state index in [1.807, 2.05) is 6.08 Å². The lowest BCUT2D eigenvalue weighted by Gasteiger charge is -2.15. The highest BCUT2D eigenvalue weighted by molar-refractivity contribution is 5.74. The van der Waals surface area contributed by atoms with Gasteiger partial charge in [-0.25, -0.2) is 0 Å². The summed E-state index contributed by atoms with van der Waals surface area (Å²) in [5, 5.41) is 19.5. The number of fused-ring (bicyclic) bond motifs is 3. The highest BCUT2D eigenvalue weighted by Crippen LogP contribution is 2.51. The van der Waals surface area contributed by atoms with Gasteiger partial charge in [0.15, 0.2) is 5.75 Å². The molecule has 0 saturated carbocycles. The number of nitrogens with zero attached hydrogens (tertiary/aromatic N) is 2. The van der Waals surface area contributed by atoms with E-state index < -0.39 is 0 Å². The van der Waals surface area contributed by atoms with Crippen LogP contribution in [0.5, 0.6) is 17.5 Å². The van der Waals surface area contributed by atoms with E-state index in [1.54, 1.807) is 19.3 Å². The number of allylic oxidation sites excluding steroid dienone is 1. The lowest BCUT2D eigenvalue weighted by atomic mass is 10.1. The first-order chi connectivity index (χ1) is 7.20. The van der Waals surface area contributed by atoms with Crippen molar-refractivity contribution >= 4 is 6.21 Å². The number of aliphatic imine (C=N–C) groups is 1. The van der Waals surface area contributed by atoms with Gasteiger partial charge in [0.1, 0.15) is 12.1 Å². The van der Waals surface area contributed by atoms with Crippen molar-refractivity contribution in [2.24, 2.45) is 12.0 Å². The van der Waals surface area contributed by atoms with Crippen molar-refractivity contribution in [2.45, 2.75) is 12.1 Å². The van der Waals surface area contributed by atoms with Crippen LogP contribution in [-0.2, 0) is 7.05 Å². The molecule has 5 nitrogen and oxygen atoms in total. The minimum Gasteiger partial charge on any atom is -0.494 e. The van der Waals surface area contributed by atoms with Crippen LogP contribution in [0.1, 0.15) is 11.6 Å². The fourth-order valence-electron chi connectivity index (χ4n) is 2.01. The third-order valence-corrected chi connectivity index (χ3v) is 2.82. The maximum atomic E-state index is 9.80. The Morgan fingerprint density at radius 3 is 3.00 bits per heavy atom. The third-order valence-electron chi connectivity index (χ3n) is 2.82. The van der Waals surface area contributed by atoms with E-state index in [4.69, 9.17) is 4.74 Å². The van der Waals surface area contributed by atoms with Crippen molar-refractivity contribution in [3.05, 3.63) is 17.7 Å². The topological polar surface area (TPSA) is 67.0 Å². The SMILES string of the molecule is Cn1c(O)c2c(c1O)C1N=CC=CC1O2. The van der Waals surface area contributed by atoms with E-state index in [0.29, 0.717) is 11.3 Å². The molecule has 0 saturated heterocycles. The van der Waals surface area contributed by atoms with Crippen LogP contribution in [0.4, 0.5) is 0 Å². The Labute approximate surface area is 85.9 Å². The zero-order chi connectivity index (χ0) is 10.6. The summed E-state index contributed by atoms with van der Waals surface area (Å²) in [6, 6.07) is -0.239. The van der Waals surface area contributed by atoms with E-state index in [9.17, 15) is 10.2 Å². The highest BCUT2D eigenvalue weighted by atomic mass is 16.5. The summed E-state index contributed by atoms with van der Waals surface area (Å²) >= 11 is 0. The van der Waals surface area contributed by atoms with E-state index in [0.717, 1.165) is 0 Å². The zero-order valence-electron chi connectivity index (χ0n) is 8.08. The summed E-state index contributed by atoms with van der Waals surface area (Å²) in [4.78, 5) is 4.23. The maximum Gasteiger partial charge on any atom is 0.237 e. The molecule has 2 atom stereocenters. The van der Waals surface area contributed by atoms with Crippen molar-refractivity contribution in [3.63, 3.8) is 0 Å². The summed E-state index contributed by atoms with van der Waals surface area (Å²) in [7, 11) is 1.57. The molecule has 0 aliphatic carbocycles. The van der Waals surface area contributed by atoms with E-state index in [2.05, 4.69) is 4.99 Å². The summed E-state index contributed by atoms with van der Waals surface area (Å²) in [5.74, 6) is 0.302. The molecule has 0 amide bonds. The molecule has 0 fully saturated rings. The number of ether oxygens (including phenoxy) is 1. The smallest absolute Gasteiger partial charge is 0.237 e. The van der Waals surface area contributed by atoms with Gasteiger partial charge in [0, 0.05) is 13.3 Å². The van der Waals surface area contributed by atoms with Crippen molar-refractivity contribution in [3.8, 4) is 17.5 Å². The average molecular weight is 206 g/mol. The molecule has 2 aliphatic heterocycles. The molecule has 0 radical (unpaired) electrons. The molecule has 5 heteroatoms. The largest absolute Gasteiger partial charge is 0.494 e. The Bertz CT molecular complexity index is 487. The fraction of sp³-hybridized carbons (Fsp3) is 0.300. The molecule has 1 aromatic rings. The molecule has 2 unspecified atom stereocenters. The van der Waals surface area contributed by atoms with Gasteiger partial charge in [-0.05, 0) is 12.2 Å². The molecular weight excluding hydrogens is 196 g/mol. The monoisotopic (exact) mass is 206 g/mol. The van der Waals surface area contributed by atoms with E-state index >= 15 is 0 Å². The van der Waals surface area contributed by atoms with Crippen LogP contribution in [-0.4, -0.2) is 27.1 Å². The fourth-order valence-corrected chi connectivity index (χ4v) is 2.01. The molecule has 2 aliphatic rings. The number of dihydropyridines is 1. The van der Waals surface area contributed by atoms with Crippen molar-refractivity contribution < 1.29 is 14.9 Å². The first-order valence-corrected chi connectivity index (χ1v) is 4.67. The molecule has 0 bridgehead atoms. The second-order valence-corrected chi connectivity index (χ2v) is 3.66. The van der Waals surface area contributed by atoms with Gasteiger partial charge >= 0.3 is 0 Å². The van der Waals surface area contributed by atoms with Crippen LogP contribution in [0.25, 0.3) is 0 Å². The Morgan fingerprint density at radius 2 is 2.20 bits per heavy atom. The van der Waals surface area contributed by atoms with Gasteiger partial charge in [0.25, 0.3) is 0 Å². The van der Waals surface area contributed by atoms with Gasteiger partial charge in [0.2, 0.25) is 11.8 Å². The molecule has 1 aromatic heterocycles. The molecule has 78 valence electrons. The third kappa shape index (κ3) is 0.895. The van der Waals surface area contributed by atoms with Crippen LogP contribution < -0.4 is 4.74 Å². The summed E-state index contributed by atoms with van der Waals surface area (Å²) in [6.07, 6.45) is 5.11. The standard InChI is InChI=1S/C10H10N2O3/c1-12-9(13)6-7-5(3-2-4-11-7)15-8(6)10(12)14/h2-5,7,13-14H,1H3. The number of rotatable bonds is 0. The number of aromatic nitrogens is 1. The minimum absolute atomic E-state index is 0.0162. The second kappa shape index (κ2) is 2.56. The normalized spacial score (nSPS) is 26.2. The Kier molecular flexibility index (Phi) is 1.44. The maximum absolute atomic E-state index is 9.80. The molecular formula is C10H10N2O3. The summed E-state index contributed by atoms with van der Waals surface area (Å²) in [6.45, 7) is 0. The molecule has 0 aromatic carbocycles. The molecule has 0 spiro atoms. The van der Waals surface area contributed by atoms with Crippen molar-refractivity contribution in [2.75, 3.05) is 0 Å². The van der Waals surface area contributed by atoms with Gasteiger partial charge in [-0.1, -0.05) is 0 Å². The summed E-state index contributed by atoms with van der Waals surface area (Å²) < 4.78 is 6.80. The molecule has 3 rings (SSSR count). The van der Waals surface area contributed by atoms with Crippen LogP contribution in [0, 0.1) is 0 Å². The second-order valence-electron chi connectivity index (χ2n) is 3.66. The quantitative estimate of drug-likeness (QED) is 0.662. The Balaban J connectivity index is 2.20. The predicted octanol–water partition coefficient (Wildman–Crippen LogP) is 0.879. The molecule has 3 heterocycles. The van der Waals surface area contributed by atoms with E-state index in [1.165, 1.54) is 4.57 Å². The van der Waals surface area contributed by atoms with Gasteiger partial charge in [0.05, 0.1) is 5.56 Å². The van der Waals surface area contributed by atoms with Gasteiger partial charge in [-0.3, -0.25) is 9.56 Å². The number of aromatic hydroxyl groups is 2. The number of hydrogen-bond donors (Lipinski definition) is 2. The van der Waals surface area contributed by atoms with Gasteiger partial charge in [-0.15, -0.1) is 0 Å². The van der Waals surface area contributed by atoms with E-state index in [-0.39, 0.29) is 23.9 Å². The van der Waals surface area contributed by atoms with Crippen LogP contribution in [0.2, 0.25) is 0 Å². The zero-order valence-corrected chi connectivity index (χ0v) is 8.08. The van der Waals surface area contributed by atoms with Crippen LogP contribution in [0.15, 0.2) is 17.1 Å². The van der Waals surface area contributed by atoms with Gasteiger partial charge in [-0.2, -0.15) is 0 Å². The lowest BCUT2D eigenvalue weighted by molar-refractivity contribution is 0.240. The van der Waals surface area contributed by atoms with Gasteiger partial charge < -0.3 is 14.9 Å². The Morgan fingerprint density at radius 1 is 1.40 bits per heavy atom. The summed E-state index contributed by atoms with van der Waals surface area (Å²) in [5.41, 5.74) is 0.570. The van der Waals surface area contributed by atoms with Crippen molar-refractivity contribution in [1.29, 1.82) is 0 Å². The molecule has 15 heavy (non-hydrogen) atoms. The first kappa shape index (κ1) is 8.40. The molecule has 2 N–H and O–H groups in total.